The first-order valence-electron chi connectivity index (χ1n) is 8.71. The van der Waals surface area contributed by atoms with Gasteiger partial charge in [0.15, 0.2) is 6.10 Å². The molecule has 0 unspecified atom stereocenters. The molecular weight excluding hydrogens is 384 g/mol. The van der Waals surface area contributed by atoms with E-state index in [1.807, 2.05) is 0 Å². The standard InChI is InChI=1S/C20H19ClN2O5/c1-12(18(24)22-23-19(25)13-5-3-2-4-6-13)28-20(26)15-9-14-10-16(21)7-8-17(14)27-11-15/h2-8,10,12,15H,9,11H2,1H3,(H,22,24)(H,23,25)/t12-,15-/m1/s1. The lowest BCUT2D eigenvalue weighted by atomic mass is 9.97. The van der Waals surface area contributed by atoms with Crippen molar-refractivity contribution in [1.82, 2.24) is 10.9 Å². The van der Waals surface area contributed by atoms with Gasteiger partial charge in [-0.15, -0.1) is 0 Å². The minimum absolute atomic E-state index is 0.159. The second-order valence-corrected chi connectivity index (χ2v) is 6.79. The van der Waals surface area contributed by atoms with Crippen LogP contribution in [-0.2, 0) is 20.7 Å². The number of carbonyl (C=O) groups excluding carboxylic acids is 3. The van der Waals surface area contributed by atoms with Gasteiger partial charge in [0.25, 0.3) is 11.8 Å². The molecule has 2 amide bonds. The number of fused-ring (bicyclic) bond motifs is 1. The molecule has 0 aromatic heterocycles. The third kappa shape index (κ3) is 4.80. The van der Waals surface area contributed by atoms with Crippen LogP contribution in [0.15, 0.2) is 48.5 Å². The molecule has 2 atom stereocenters. The summed E-state index contributed by atoms with van der Waals surface area (Å²) < 4.78 is 10.8. The second-order valence-electron chi connectivity index (χ2n) is 6.35. The molecule has 8 heteroatoms. The van der Waals surface area contributed by atoms with Crippen LogP contribution in [-0.4, -0.2) is 30.5 Å². The Labute approximate surface area is 166 Å². The molecule has 2 aromatic rings. The monoisotopic (exact) mass is 402 g/mol. The number of esters is 1. The van der Waals surface area contributed by atoms with Gasteiger partial charge < -0.3 is 9.47 Å². The van der Waals surface area contributed by atoms with Gasteiger partial charge in [-0.05, 0) is 49.2 Å². The van der Waals surface area contributed by atoms with Crippen molar-refractivity contribution in [2.75, 3.05) is 6.61 Å². The third-order valence-electron chi connectivity index (χ3n) is 4.26. The van der Waals surface area contributed by atoms with Gasteiger partial charge in [-0.2, -0.15) is 0 Å². The molecule has 1 aliphatic heterocycles. The summed E-state index contributed by atoms with van der Waals surface area (Å²) in [6.07, 6.45) is -0.669. The smallest absolute Gasteiger partial charge is 0.313 e. The highest BCUT2D eigenvalue weighted by molar-refractivity contribution is 6.30. The Morgan fingerprint density at radius 3 is 2.64 bits per heavy atom. The maximum Gasteiger partial charge on any atom is 0.313 e. The Hall–Kier alpha value is -3.06. The average Bonchev–Trinajstić information content (AvgIpc) is 2.71. The largest absolute Gasteiger partial charge is 0.492 e. The number of ether oxygens (including phenoxy) is 2. The van der Waals surface area contributed by atoms with E-state index in [-0.39, 0.29) is 6.61 Å². The van der Waals surface area contributed by atoms with Crippen LogP contribution in [0.2, 0.25) is 5.02 Å². The van der Waals surface area contributed by atoms with Gasteiger partial charge >= 0.3 is 5.97 Å². The summed E-state index contributed by atoms with van der Waals surface area (Å²) in [5.74, 6) is -1.52. The van der Waals surface area contributed by atoms with E-state index in [4.69, 9.17) is 21.1 Å². The number of benzene rings is 2. The SMILES string of the molecule is C[C@@H](OC(=O)[C@H]1COc2ccc(Cl)cc2C1)C(=O)NNC(=O)c1ccccc1. The van der Waals surface area contributed by atoms with E-state index in [1.165, 1.54) is 6.92 Å². The van der Waals surface area contributed by atoms with Crippen molar-refractivity contribution in [3.05, 3.63) is 64.7 Å². The molecule has 146 valence electrons. The fraction of sp³-hybridized carbons (Fsp3) is 0.250. The lowest BCUT2D eigenvalue weighted by Gasteiger charge is -2.25. The van der Waals surface area contributed by atoms with Crippen molar-refractivity contribution in [2.45, 2.75) is 19.4 Å². The minimum atomic E-state index is -1.08. The summed E-state index contributed by atoms with van der Waals surface area (Å²) in [5.41, 5.74) is 5.74. The summed E-state index contributed by atoms with van der Waals surface area (Å²) in [6, 6.07) is 13.6. The van der Waals surface area contributed by atoms with Crippen molar-refractivity contribution in [1.29, 1.82) is 0 Å². The van der Waals surface area contributed by atoms with Gasteiger partial charge in [-0.25, -0.2) is 0 Å². The Kier molecular flexibility index (Phi) is 6.16. The Balaban J connectivity index is 1.50. The molecule has 1 aliphatic rings. The van der Waals surface area contributed by atoms with Crippen LogP contribution < -0.4 is 15.6 Å². The number of rotatable bonds is 4. The Bertz CT molecular complexity index is 887. The summed E-state index contributed by atoms with van der Waals surface area (Å²) in [4.78, 5) is 36.4. The van der Waals surface area contributed by atoms with Crippen LogP contribution in [0.25, 0.3) is 0 Å². The third-order valence-corrected chi connectivity index (χ3v) is 4.49. The maximum absolute atomic E-state index is 12.4. The molecule has 2 aromatic carbocycles. The molecule has 0 fully saturated rings. The lowest BCUT2D eigenvalue weighted by molar-refractivity contribution is -0.160. The number of carbonyl (C=O) groups is 3. The van der Waals surface area contributed by atoms with Gasteiger partial charge in [0.05, 0.1) is 5.92 Å². The molecule has 0 aliphatic carbocycles. The van der Waals surface area contributed by atoms with Crippen LogP contribution in [0.3, 0.4) is 0 Å². The summed E-state index contributed by atoms with van der Waals surface area (Å²) in [6.45, 7) is 1.59. The predicted molar refractivity (Wildman–Crippen MR) is 102 cm³/mol. The fourth-order valence-corrected chi connectivity index (χ4v) is 2.91. The van der Waals surface area contributed by atoms with Gasteiger partial charge in [-0.3, -0.25) is 25.2 Å². The number of hydrogen-bond acceptors (Lipinski definition) is 5. The zero-order chi connectivity index (χ0) is 20.1. The molecule has 2 N–H and O–H groups in total. The molecule has 1 heterocycles. The zero-order valence-electron chi connectivity index (χ0n) is 15.1. The maximum atomic E-state index is 12.4. The highest BCUT2D eigenvalue weighted by Gasteiger charge is 2.30. The molecule has 28 heavy (non-hydrogen) atoms. The Morgan fingerprint density at radius 1 is 1.14 bits per heavy atom. The first-order valence-corrected chi connectivity index (χ1v) is 9.09. The van der Waals surface area contributed by atoms with Gasteiger partial charge in [0, 0.05) is 10.6 Å². The lowest BCUT2D eigenvalue weighted by Crippen LogP contribution is -2.47. The quantitative estimate of drug-likeness (QED) is 0.604. The molecule has 7 nitrogen and oxygen atoms in total. The van der Waals surface area contributed by atoms with E-state index >= 15 is 0 Å². The van der Waals surface area contributed by atoms with Gasteiger partial charge in [0.1, 0.15) is 12.4 Å². The highest BCUT2D eigenvalue weighted by atomic mass is 35.5. The molecule has 0 saturated carbocycles. The molecule has 3 rings (SSSR count). The van der Waals surface area contributed by atoms with Crippen LogP contribution in [0.5, 0.6) is 5.75 Å². The number of amides is 2. The normalized spacial score (nSPS) is 16.1. The highest BCUT2D eigenvalue weighted by Crippen LogP contribution is 2.30. The van der Waals surface area contributed by atoms with E-state index in [0.717, 1.165) is 5.56 Å². The zero-order valence-corrected chi connectivity index (χ0v) is 15.9. The van der Waals surface area contributed by atoms with Crippen LogP contribution in [0.4, 0.5) is 0 Å². The number of halogens is 1. The predicted octanol–water partition coefficient (Wildman–Crippen LogP) is 2.28. The first-order chi connectivity index (χ1) is 13.4. The minimum Gasteiger partial charge on any atom is -0.492 e. The van der Waals surface area contributed by atoms with Crippen molar-refractivity contribution in [2.24, 2.45) is 5.92 Å². The fourth-order valence-electron chi connectivity index (χ4n) is 2.72. The van der Waals surface area contributed by atoms with E-state index in [2.05, 4.69) is 10.9 Å². The van der Waals surface area contributed by atoms with Crippen LogP contribution >= 0.6 is 11.6 Å². The Morgan fingerprint density at radius 2 is 1.89 bits per heavy atom. The molecular formula is C20H19ClN2O5. The van der Waals surface area contributed by atoms with Gasteiger partial charge in [0.2, 0.25) is 0 Å². The first kappa shape index (κ1) is 19.7. The van der Waals surface area contributed by atoms with Crippen molar-refractivity contribution in [3.63, 3.8) is 0 Å². The molecule has 0 radical (unpaired) electrons. The van der Waals surface area contributed by atoms with Crippen LogP contribution in [0.1, 0.15) is 22.8 Å². The number of hydrogen-bond donors (Lipinski definition) is 2. The molecule has 0 spiro atoms. The number of nitrogens with one attached hydrogen (secondary N) is 2. The van der Waals surface area contributed by atoms with Crippen LogP contribution in [0, 0.1) is 5.92 Å². The van der Waals surface area contributed by atoms with E-state index in [1.54, 1.807) is 48.5 Å². The van der Waals surface area contributed by atoms with E-state index in [0.29, 0.717) is 22.8 Å². The second kappa shape index (κ2) is 8.75. The average molecular weight is 403 g/mol. The van der Waals surface area contributed by atoms with Crippen molar-refractivity contribution >= 4 is 29.4 Å². The van der Waals surface area contributed by atoms with Crippen molar-refractivity contribution < 1.29 is 23.9 Å². The van der Waals surface area contributed by atoms with E-state index < -0.39 is 29.8 Å². The van der Waals surface area contributed by atoms with Gasteiger partial charge in [-0.1, -0.05) is 29.8 Å². The molecule has 0 saturated heterocycles. The topological polar surface area (TPSA) is 93.7 Å². The summed E-state index contributed by atoms with van der Waals surface area (Å²) >= 11 is 5.98. The number of hydrazine groups is 1. The summed E-state index contributed by atoms with van der Waals surface area (Å²) in [5, 5.41) is 0.554. The molecule has 0 bridgehead atoms. The summed E-state index contributed by atoms with van der Waals surface area (Å²) in [7, 11) is 0. The van der Waals surface area contributed by atoms with Crippen molar-refractivity contribution in [3.8, 4) is 5.75 Å². The van der Waals surface area contributed by atoms with E-state index in [9.17, 15) is 14.4 Å².